The number of aromatic nitrogens is 1. The maximum atomic E-state index is 12.6. The minimum absolute atomic E-state index is 0.0827. The van der Waals surface area contributed by atoms with Crippen molar-refractivity contribution in [2.24, 2.45) is 0 Å². The number of pyridine rings is 1. The third-order valence-electron chi connectivity index (χ3n) is 4.24. The van der Waals surface area contributed by atoms with Crippen LogP contribution in [0.15, 0.2) is 53.9 Å². The SMILES string of the molecule is O=C(O)CNC(=O)C1=C(O)CCN(Cc2ccc(Oc3ccc(Cl)cc3)cn2)C1=O. The highest BCUT2D eigenvalue weighted by Gasteiger charge is 2.32. The van der Waals surface area contributed by atoms with E-state index >= 15 is 0 Å². The number of aliphatic hydroxyl groups is 1. The molecule has 3 rings (SSSR count). The van der Waals surface area contributed by atoms with Gasteiger partial charge in [-0.2, -0.15) is 0 Å². The Morgan fingerprint density at radius 2 is 1.87 bits per heavy atom. The van der Waals surface area contributed by atoms with E-state index in [1.54, 1.807) is 36.4 Å². The van der Waals surface area contributed by atoms with Gasteiger partial charge < -0.3 is 25.2 Å². The summed E-state index contributed by atoms with van der Waals surface area (Å²) in [6.45, 7) is -0.340. The molecule has 3 N–H and O–H groups in total. The lowest BCUT2D eigenvalue weighted by atomic mass is 10.1. The summed E-state index contributed by atoms with van der Waals surface area (Å²) in [7, 11) is 0. The summed E-state index contributed by atoms with van der Waals surface area (Å²) in [4.78, 5) is 40.9. The molecule has 1 aliphatic heterocycles. The van der Waals surface area contributed by atoms with E-state index in [1.165, 1.54) is 11.1 Å². The van der Waals surface area contributed by atoms with E-state index < -0.39 is 29.9 Å². The maximum absolute atomic E-state index is 12.6. The van der Waals surface area contributed by atoms with E-state index in [4.69, 9.17) is 21.4 Å². The second kappa shape index (κ2) is 9.27. The third kappa shape index (κ3) is 5.26. The van der Waals surface area contributed by atoms with Gasteiger partial charge in [0.25, 0.3) is 11.8 Å². The summed E-state index contributed by atoms with van der Waals surface area (Å²) in [5, 5.41) is 21.3. The number of aliphatic carboxylic acids is 1. The van der Waals surface area contributed by atoms with Gasteiger partial charge in [0.05, 0.1) is 18.4 Å². The molecule has 0 fully saturated rings. The fourth-order valence-corrected chi connectivity index (χ4v) is 2.90. The predicted molar refractivity (Wildman–Crippen MR) is 106 cm³/mol. The summed E-state index contributed by atoms with van der Waals surface area (Å²) < 4.78 is 5.67. The van der Waals surface area contributed by atoms with Crippen molar-refractivity contribution in [2.75, 3.05) is 13.1 Å². The fraction of sp³-hybridized carbons (Fsp3) is 0.200. The van der Waals surface area contributed by atoms with Crippen molar-refractivity contribution in [2.45, 2.75) is 13.0 Å². The van der Waals surface area contributed by atoms with Crippen molar-refractivity contribution in [3.63, 3.8) is 0 Å². The molecule has 9 nitrogen and oxygen atoms in total. The average Bonchev–Trinajstić information content (AvgIpc) is 2.72. The van der Waals surface area contributed by atoms with E-state index in [0.717, 1.165) is 0 Å². The molecule has 0 saturated heterocycles. The molecule has 0 spiro atoms. The van der Waals surface area contributed by atoms with Gasteiger partial charge in [-0.3, -0.25) is 19.4 Å². The number of rotatable bonds is 7. The number of hydrogen-bond donors (Lipinski definition) is 3. The van der Waals surface area contributed by atoms with Gasteiger partial charge in [-0.1, -0.05) is 11.6 Å². The van der Waals surface area contributed by atoms with Crippen LogP contribution in [-0.4, -0.2) is 51.0 Å². The Morgan fingerprint density at radius 3 is 2.50 bits per heavy atom. The summed E-state index contributed by atoms with van der Waals surface area (Å²) in [5.41, 5.74) is 0.101. The Kier molecular flexibility index (Phi) is 6.53. The second-order valence-electron chi connectivity index (χ2n) is 6.42. The van der Waals surface area contributed by atoms with Gasteiger partial charge in [0.1, 0.15) is 29.4 Å². The summed E-state index contributed by atoms with van der Waals surface area (Å²) in [6.07, 6.45) is 1.59. The molecular formula is C20H18ClN3O6. The smallest absolute Gasteiger partial charge is 0.322 e. The van der Waals surface area contributed by atoms with Crippen molar-refractivity contribution in [1.29, 1.82) is 0 Å². The number of nitrogens with one attached hydrogen (secondary N) is 1. The standard InChI is InChI=1S/C20H18ClN3O6/c21-12-1-4-14(5-2-12)30-15-6-3-13(22-9-15)11-24-8-7-16(25)18(20(24)29)19(28)23-10-17(26)27/h1-6,9,25H,7-8,10-11H2,(H,23,28)(H,26,27). The molecule has 30 heavy (non-hydrogen) atoms. The molecule has 0 radical (unpaired) electrons. The first-order valence-electron chi connectivity index (χ1n) is 8.93. The Labute approximate surface area is 176 Å². The highest BCUT2D eigenvalue weighted by atomic mass is 35.5. The van der Waals surface area contributed by atoms with Crippen LogP contribution >= 0.6 is 11.6 Å². The zero-order valence-electron chi connectivity index (χ0n) is 15.7. The molecule has 2 amide bonds. The minimum atomic E-state index is -1.26. The lowest BCUT2D eigenvalue weighted by molar-refractivity contribution is -0.138. The van der Waals surface area contributed by atoms with Crippen molar-refractivity contribution < 1.29 is 29.3 Å². The van der Waals surface area contributed by atoms with Crippen molar-refractivity contribution in [1.82, 2.24) is 15.2 Å². The molecule has 156 valence electrons. The number of carbonyl (C=O) groups is 3. The zero-order chi connectivity index (χ0) is 21.7. The molecule has 0 atom stereocenters. The number of aliphatic hydroxyl groups excluding tert-OH is 1. The topological polar surface area (TPSA) is 129 Å². The number of ether oxygens (including phenoxy) is 1. The molecule has 10 heteroatoms. The van der Waals surface area contributed by atoms with Crippen molar-refractivity contribution >= 4 is 29.4 Å². The van der Waals surface area contributed by atoms with Gasteiger partial charge in [-0.25, -0.2) is 0 Å². The Bertz CT molecular complexity index is 989. The molecule has 0 saturated carbocycles. The molecule has 1 aliphatic rings. The van der Waals surface area contributed by atoms with Crippen LogP contribution in [0.2, 0.25) is 5.02 Å². The summed E-state index contributed by atoms with van der Waals surface area (Å²) in [5.74, 6) is -2.14. The molecule has 0 bridgehead atoms. The molecule has 2 aromatic rings. The fourth-order valence-electron chi connectivity index (χ4n) is 2.77. The van der Waals surface area contributed by atoms with Crippen LogP contribution in [0.4, 0.5) is 0 Å². The Morgan fingerprint density at radius 1 is 1.17 bits per heavy atom. The molecule has 0 unspecified atom stereocenters. The van der Waals surface area contributed by atoms with Gasteiger partial charge in [0.15, 0.2) is 0 Å². The Hall–Kier alpha value is -3.59. The average molecular weight is 432 g/mol. The van der Waals surface area contributed by atoms with Crippen LogP contribution in [0.5, 0.6) is 11.5 Å². The van der Waals surface area contributed by atoms with E-state index in [1.807, 2.05) is 0 Å². The molecule has 0 aliphatic carbocycles. The van der Waals surface area contributed by atoms with Crippen LogP contribution in [0.25, 0.3) is 0 Å². The molecule has 2 heterocycles. The monoisotopic (exact) mass is 431 g/mol. The summed E-state index contributed by atoms with van der Waals surface area (Å²) in [6, 6.07) is 10.2. The highest BCUT2D eigenvalue weighted by Crippen LogP contribution is 2.23. The summed E-state index contributed by atoms with van der Waals surface area (Å²) >= 11 is 5.84. The van der Waals surface area contributed by atoms with Crippen LogP contribution < -0.4 is 10.1 Å². The minimum Gasteiger partial charge on any atom is -0.511 e. The van der Waals surface area contributed by atoms with Crippen molar-refractivity contribution in [3.8, 4) is 11.5 Å². The Balaban J connectivity index is 1.64. The van der Waals surface area contributed by atoms with Crippen LogP contribution in [-0.2, 0) is 20.9 Å². The zero-order valence-corrected chi connectivity index (χ0v) is 16.4. The molecule has 1 aromatic heterocycles. The lowest BCUT2D eigenvalue weighted by Gasteiger charge is -2.27. The molecule has 1 aromatic carbocycles. The number of halogens is 1. The van der Waals surface area contributed by atoms with E-state index in [-0.39, 0.29) is 25.3 Å². The number of benzene rings is 1. The van der Waals surface area contributed by atoms with Crippen LogP contribution in [0.1, 0.15) is 12.1 Å². The first kappa shape index (κ1) is 21.1. The van der Waals surface area contributed by atoms with E-state index in [2.05, 4.69) is 10.3 Å². The number of carboxylic acid groups (broad SMARTS) is 1. The van der Waals surface area contributed by atoms with E-state index in [0.29, 0.717) is 22.2 Å². The largest absolute Gasteiger partial charge is 0.511 e. The van der Waals surface area contributed by atoms with Gasteiger partial charge in [-0.15, -0.1) is 0 Å². The van der Waals surface area contributed by atoms with E-state index in [9.17, 15) is 19.5 Å². The van der Waals surface area contributed by atoms with Gasteiger partial charge in [-0.05, 0) is 36.4 Å². The van der Waals surface area contributed by atoms with Gasteiger partial charge in [0.2, 0.25) is 0 Å². The second-order valence-corrected chi connectivity index (χ2v) is 6.85. The highest BCUT2D eigenvalue weighted by molar-refractivity contribution is 6.30. The first-order valence-corrected chi connectivity index (χ1v) is 9.31. The van der Waals surface area contributed by atoms with Gasteiger partial charge >= 0.3 is 5.97 Å². The quantitative estimate of drug-likeness (QED) is 0.573. The first-order chi connectivity index (χ1) is 14.3. The van der Waals surface area contributed by atoms with Crippen LogP contribution in [0.3, 0.4) is 0 Å². The number of hydrogen-bond acceptors (Lipinski definition) is 6. The normalized spacial score (nSPS) is 13.9. The third-order valence-corrected chi connectivity index (χ3v) is 4.49. The number of carbonyl (C=O) groups excluding carboxylic acids is 2. The predicted octanol–water partition coefficient (Wildman–Crippen LogP) is 2.27. The van der Waals surface area contributed by atoms with Crippen molar-refractivity contribution in [3.05, 3.63) is 64.6 Å². The lowest BCUT2D eigenvalue weighted by Crippen LogP contribution is -2.43. The number of amides is 2. The van der Waals surface area contributed by atoms with Crippen LogP contribution in [0, 0.1) is 0 Å². The number of carboxylic acids is 1. The maximum Gasteiger partial charge on any atom is 0.322 e. The van der Waals surface area contributed by atoms with Gasteiger partial charge in [0, 0.05) is 18.0 Å². The number of nitrogens with zero attached hydrogens (tertiary/aromatic N) is 2. The molecular weight excluding hydrogens is 414 g/mol.